The highest BCUT2D eigenvalue weighted by Gasteiger charge is 2.22. The Balaban J connectivity index is 3.13. The van der Waals surface area contributed by atoms with Gasteiger partial charge in [0.2, 0.25) is 0 Å². The molecule has 7 nitrogen and oxygen atoms in total. The molecule has 110 valence electrons. The Morgan fingerprint density at radius 2 is 2.00 bits per heavy atom. The summed E-state index contributed by atoms with van der Waals surface area (Å²) in [4.78, 5) is 23.8. The SMILES string of the molecule is COc1cc(C(C)=O)c([N+](=O)[O-])cc1OCCN(C)C. The molecule has 1 rings (SSSR count). The molecule has 0 saturated carbocycles. The standard InChI is InChI=1S/C13H18N2O5/c1-9(16)10-7-12(19-4)13(8-11(10)15(17)18)20-6-5-14(2)3/h7-8H,5-6H2,1-4H3. The number of methoxy groups -OCH3 is 1. The van der Waals surface area contributed by atoms with Crippen LogP contribution < -0.4 is 9.47 Å². The van der Waals surface area contributed by atoms with Crippen molar-refractivity contribution >= 4 is 11.5 Å². The molecule has 7 heteroatoms. The number of ether oxygens (including phenoxy) is 2. The van der Waals surface area contributed by atoms with E-state index in [4.69, 9.17) is 9.47 Å². The predicted molar refractivity (Wildman–Crippen MR) is 73.7 cm³/mol. The summed E-state index contributed by atoms with van der Waals surface area (Å²) in [6.07, 6.45) is 0. The van der Waals surface area contributed by atoms with E-state index in [0.29, 0.717) is 18.9 Å². The molecule has 1 aromatic rings. The Kier molecular flexibility index (Phi) is 5.45. The summed E-state index contributed by atoms with van der Waals surface area (Å²) in [6, 6.07) is 2.57. The third kappa shape index (κ3) is 3.92. The molecule has 0 amide bonds. The molecule has 1 aromatic carbocycles. The Labute approximate surface area is 117 Å². The summed E-state index contributed by atoms with van der Waals surface area (Å²) >= 11 is 0. The van der Waals surface area contributed by atoms with Gasteiger partial charge in [-0.05, 0) is 21.0 Å². The van der Waals surface area contributed by atoms with Crippen molar-refractivity contribution < 1.29 is 19.2 Å². The number of benzene rings is 1. The van der Waals surface area contributed by atoms with Crippen molar-refractivity contribution in [3.63, 3.8) is 0 Å². The second-order valence-corrected chi connectivity index (χ2v) is 4.49. The van der Waals surface area contributed by atoms with Gasteiger partial charge in [0.25, 0.3) is 5.69 Å². The highest BCUT2D eigenvalue weighted by Crippen LogP contribution is 2.34. The van der Waals surface area contributed by atoms with Crippen molar-refractivity contribution in [1.29, 1.82) is 0 Å². The van der Waals surface area contributed by atoms with E-state index in [1.54, 1.807) is 0 Å². The number of nitrogens with zero attached hydrogens (tertiary/aromatic N) is 2. The van der Waals surface area contributed by atoms with Crippen LogP contribution in [-0.4, -0.2) is 50.0 Å². The van der Waals surface area contributed by atoms with Gasteiger partial charge in [0, 0.05) is 12.6 Å². The van der Waals surface area contributed by atoms with Crippen LogP contribution in [0, 0.1) is 10.1 Å². The first-order chi connectivity index (χ1) is 9.36. The smallest absolute Gasteiger partial charge is 0.284 e. The van der Waals surface area contributed by atoms with Crippen LogP contribution in [0.2, 0.25) is 0 Å². The van der Waals surface area contributed by atoms with Crippen LogP contribution >= 0.6 is 0 Å². The minimum atomic E-state index is -0.602. The number of carbonyl (C=O) groups is 1. The Morgan fingerprint density at radius 3 is 2.45 bits per heavy atom. The van der Waals surface area contributed by atoms with Crippen molar-refractivity contribution in [2.45, 2.75) is 6.92 Å². The van der Waals surface area contributed by atoms with Gasteiger partial charge >= 0.3 is 0 Å². The molecule has 0 aromatic heterocycles. The maximum absolute atomic E-state index is 11.4. The van der Waals surface area contributed by atoms with E-state index >= 15 is 0 Å². The number of rotatable bonds is 7. The van der Waals surface area contributed by atoms with Crippen molar-refractivity contribution in [3.05, 3.63) is 27.8 Å². The quantitative estimate of drug-likeness (QED) is 0.430. The van der Waals surface area contributed by atoms with E-state index in [1.165, 1.54) is 26.2 Å². The number of Topliss-reactive ketones (excluding diaryl/α,β-unsaturated/α-hetero) is 1. The lowest BCUT2D eigenvalue weighted by Gasteiger charge is -2.14. The minimum Gasteiger partial charge on any atom is -0.493 e. The van der Waals surface area contributed by atoms with Gasteiger partial charge in [0.15, 0.2) is 17.3 Å². The van der Waals surface area contributed by atoms with Crippen LogP contribution in [0.5, 0.6) is 11.5 Å². The van der Waals surface area contributed by atoms with Gasteiger partial charge in [-0.3, -0.25) is 14.9 Å². The third-order valence-corrected chi connectivity index (χ3v) is 2.65. The second-order valence-electron chi connectivity index (χ2n) is 4.49. The minimum absolute atomic E-state index is 0.00631. The number of carbonyl (C=O) groups excluding carboxylic acids is 1. The molecule has 0 spiro atoms. The molecule has 0 unspecified atom stereocenters. The Morgan fingerprint density at radius 1 is 1.35 bits per heavy atom. The maximum atomic E-state index is 11.4. The summed E-state index contributed by atoms with van der Waals surface area (Å²) in [5, 5.41) is 11.0. The molecule has 0 atom stereocenters. The van der Waals surface area contributed by atoms with Crippen LogP contribution in [0.4, 0.5) is 5.69 Å². The van der Waals surface area contributed by atoms with Crippen LogP contribution in [0.3, 0.4) is 0 Å². The van der Waals surface area contributed by atoms with E-state index in [-0.39, 0.29) is 17.0 Å². The zero-order valence-electron chi connectivity index (χ0n) is 12.0. The molecule has 0 saturated heterocycles. The first-order valence-corrected chi connectivity index (χ1v) is 6.01. The highest BCUT2D eigenvalue weighted by atomic mass is 16.6. The lowest BCUT2D eigenvalue weighted by Crippen LogP contribution is -2.19. The first kappa shape index (κ1) is 15.9. The number of hydrogen-bond acceptors (Lipinski definition) is 6. The van der Waals surface area contributed by atoms with Gasteiger partial charge < -0.3 is 14.4 Å². The van der Waals surface area contributed by atoms with Crippen LogP contribution in [-0.2, 0) is 0 Å². The largest absolute Gasteiger partial charge is 0.493 e. The van der Waals surface area contributed by atoms with Crippen LogP contribution in [0.1, 0.15) is 17.3 Å². The lowest BCUT2D eigenvalue weighted by atomic mass is 10.1. The van der Waals surface area contributed by atoms with Crippen molar-refractivity contribution in [1.82, 2.24) is 4.90 Å². The topological polar surface area (TPSA) is 81.9 Å². The fourth-order valence-electron chi connectivity index (χ4n) is 1.59. The molecule has 20 heavy (non-hydrogen) atoms. The normalized spacial score (nSPS) is 10.4. The number of nitro benzene ring substituents is 1. The Hall–Kier alpha value is -2.15. The second kappa shape index (κ2) is 6.85. The average Bonchev–Trinajstić information content (AvgIpc) is 2.37. The molecule has 0 aliphatic rings. The van der Waals surface area contributed by atoms with Crippen LogP contribution in [0.15, 0.2) is 12.1 Å². The molecule has 0 aliphatic carbocycles. The zero-order valence-corrected chi connectivity index (χ0v) is 12.0. The molecule has 0 fully saturated rings. The summed E-state index contributed by atoms with van der Waals surface area (Å²) in [7, 11) is 5.20. The molecule has 0 heterocycles. The molecule has 0 N–H and O–H groups in total. The molecule has 0 aliphatic heterocycles. The van der Waals surface area contributed by atoms with E-state index < -0.39 is 10.7 Å². The maximum Gasteiger partial charge on any atom is 0.284 e. The van der Waals surface area contributed by atoms with E-state index in [0.717, 1.165) is 0 Å². The Bertz CT molecular complexity index is 514. The summed E-state index contributed by atoms with van der Waals surface area (Å²) in [5.74, 6) is 0.167. The van der Waals surface area contributed by atoms with Gasteiger partial charge in [-0.2, -0.15) is 0 Å². The van der Waals surface area contributed by atoms with E-state index in [9.17, 15) is 14.9 Å². The fraction of sp³-hybridized carbons (Fsp3) is 0.462. The van der Waals surface area contributed by atoms with Crippen molar-refractivity contribution in [2.75, 3.05) is 34.4 Å². The molecule has 0 bridgehead atoms. The van der Waals surface area contributed by atoms with Crippen LogP contribution in [0.25, 0.3) is 0 Å². The van der Waals surface area contributed by atoms with Gasteiger partial charge in [0.1, 0.15) is 6.61 Å². The van der Waals surface area contributed by atoms with E-state index in [2.05, 4.69) is 0 Å². The number of hydrogen-bond donors (Lipinski definition) is 0. The molecule has 0 radical (unpaired) electrons. The number of ketones is 1. The average molecular weight is 282 g/mol. The first-order valence-electron chi connectivity index (χ1n) is 6.01. The highest BCUT2D eigenvalue weighted by molar-refractivity contribution is 5.98. The molecular formula is C13H18N2O5. The monoisotopic (exact) mass is 282 g/mol. The number of nitro groups is 1. The third-order valence-electron chi connectivity index (χ3n) is 2.65. The summed E-state index contributed by atoms with van der Waals surface area (Å²) < 4.78 is 10.6. The summed E-state index contributed by atoms with van der Waals surface area (Å²) in [5.41, 5.74) is -0.273. The number of likely N-dealkylation sites (N-methyl/N-ethyl adjacent to an activating group) is 1. The predicted octanol–water partition coefficient (Wildman–Crippen LogP) is 1.75. The van der Waals surface area contributed by atoms with Gasteiger partial charge in [-0.25, -0.2) is 0 Å². The van der Waals surface area contributed by atoms with Gasteiger partial charge in [-0.1, -0.05) is 0 Å². The van der Waals surface area contributed by atoms with Gasteiger partial charge in [-0.15, -0.1) is 0 Å². The lowest BCUT2D eigenvalue weighted by molar-refractivity contribution is -0.385. The van der Waals surface area contributed by atoms with E-state index in [1.807, 2.05) is 19.0 Å². The van der Waals surface area contributed by atoms with Crippen molar-refractivity contribution in [3.8, 4) is 11.5 Å². The molecular weight excluding hydrogens is 264 g/mol. The van der Waals surface area contributed by atoms with Gasteiger partial charge in [0.05, 0.1) is 23.7 Å². The zero-order chi connectivity index (χ0) is 15.3. The fourth-order valence-corrected chi connectivity index (χ4v) is 1.59. The summed E-state index contributed by atoms with van der Waals surface area (Å²) in [6.45, 7) is 2.29. The van der Waals surface area contributed by atoms with Crippen molar-refractivity contribution in [2.24, 2.45) is 0 Å².